The van der Waals surface area contributed by atoms with E-state index >= 15 is 0 Å². The van der Waals surface area contributed by atoms with Crippen LogP contribution in [0, 0.1) is 0 Å². The summed E-state index contributed by atoms with van der Waals surface area (Å²) in [7, 11) is -3.71. The normalized spacial score (nSPS) is 13.1. The van der Waals surface area contributed by atoms with E-state index in [0.717, 1.165) is 10.9 Å². The highest BCUT2D eigenvalue weighted by molar-refractivity contribution is 7.89. The number of hydrogen-bond donors (Lipinski definition) is 1. The molecule has 0 saturated heterocycles. The third-order valence-corrected chi connectivity index (χ3v) is 5.80. The van der Waals surface area contributed by atoms with Crippen LogP contribution in [0.5, 0.6) is 17.2 Å². The highest BCUT2D eigenvalue weighted by atomic mass is 32.2. The quantitative estimate of drug-likeness (QED) is 0.704. The van der Waals surface area contributed by atoms with Crippen molar-refractivity contribution in [3.05, 3.63) is 60.2 Å². The average molecular weight is 385 g/mol. The summed E-state index contributed by atoms with van der Waals surface area (Å²) in [4.78, 5) is 0.224. The number of nitrogens with one attached hydrogen (secondary N) is 1. The van der Waals surface area contributed by atoms with Crippen molar-refractivity contribution in [2.24, 2.45) is 0 Å². The molecule has 6 nitrogen and oxygen atoms in total. The molecule has 0 aliphatic carbocycles. The third kappa shape index (κ3) is 3.43. The van der Waals surface area contributed by atoms with Gasteiger partial charge in [-0.05, 0) is 36.8 Å². The number of hydrogen-bond acceptors (Lipinski definition) is 5. The lowest BCUT2D eigenvalue weighted by Gasteiger charge is -2.13. The van der Waals surface area contributed by atoms with Crippen molar-refractivity contribution in [1.82, 2.24) is 4.72 Å². The molecule has 7 heteroatoms. The first-order valence-electron chi connectivity index (χ1n) is 8.61. The Morgan fingerprint density at radius 2 is 1.78 bits per heavy atom. The van der Waals surface area contributed by atoms with E-state index < -0.39 is 10.0 Å². The van der Waals surface area contributed by atoms with Crippen LogP contribution in [-0.4, -0.2) is 21.8 Å². The maximum absolute atomic E-state index is 12.9. The molecule has 0 saturated carbocycles. The van der Waals surface area contributed by atoms with Gasteiger partial charge < -0.3 is 14.2 Å². The van der Waals surface area contributed by atoms with Crippen molar-refractivity contribution in [2.75, 3.05) is 13.4 Å². The van der Waals surface area contributed by atoms with E-state index in [0.29, 0.717) is 29.2 Å². The van der Waals surface area contributed by atoms with Crippen LogP contribution in [0.25, 0.3) is 10.8 Å². The van der Waals surface area contributed by atoms with Gasteiger partial charge in [-0.25, -0.2) is 13.1 Å². The summed E-state index contributed by atoms with van der Waals surface area (Å²) < 4.78 is 44.7. The Kier molecular flexibility index (Phi) is 4.63. The minimum atomic E-state index is -3.71. The topological polar surface area (TPSA) is 73.9 Å². The predicted molar refractivity (Wildman–Crippen MR) is 102 cm³/mol. The van der Waals surface area contributed by atoms with E-state index in [1.165, 1.54) is 0 Å². The maximum atomic E-state index is 12.9. The zero-order valence-electron chi connectivity index (χ0n) is 14.8. The van der Waals surface area contributed by atoms with Gasteiger partial charge in [0.2, 0.25) is 16.8 Å². The van der Waals surface area contributed by atoms with Gasteiger partial charge in [-0.2, -0.15) is 0 Å². The molecule has 0 bridgehead atoms. The Labute approximate surface area is 157 Å². The van der Waals surface area contributed by atoms with Crippen LogP contribution >= 0.6 is 0 Å². The first kappa shape index (κ1) is 17.6. The lowest BCUT2D eigenvalue weighted by Crippen LogP contribution is -2.23. The molecule has 3 aromatic rings. The van der Waals surface area contributed by atoms with Crippen LogP contribution in [0.3, 0.4) is 0 Å². The predicted octanol–water partition coefficient (Wildman–Crippen LogP) is 3.45. The zero-order valence-corrected chi connectivity index (χ0v) is 15.6. The fraction of sp³-hybridized carbons (Fsp3) is 0.200. The summed E-state index contributed by atoms with van der Waals surface area (Å²) in [6.45, 7) is 2.74. The second-order valence-electron chi connectivity index (χ2n) is 6.05. The summed E-state index contributed by atoms with van der Waals surface area (Å²) >= 11 is 0. The first-order valence-corrected chi connectivity index (χ1v) is 10.1. The Bertz CT molecular complexity index is 1090. The molecule has 4 rings (SSSR count). The third-order valence-electron chi connectivity index (χ3n) is 4.34. The number of fused-ring (bicyclic) bond motifs is 2. The van der Waals surface area contributed by atoms with Gasteiger partial charge in [-0.1, -0.05) is 30.3 Å². The molecule has 0 amide bonds. The molecule has 0 fully saturated rings. The molecular weight excluding hydrogens is 366 g/mol. The Morgan fingerprint density at radius 3 is 2.59 bits per heavy atom. The maximum Gasteiger partial charge on any atom is 0.241 e. The van der Waals surface area contributed by atoms with Crippen molar-refractivity contribution in [3.8, 4) is 17.2 Å². The summed E-state index contributed by atoms with van der Waals surface area (Å²) in [6, 6.07) is 16.0. The lowest BCUT2D eigenvalue weighted by atomic mass is 10.1. The van der Waals surface area contributed by atoms with Gasteiger partial charge in [0.25, 0.3) is 0 Å². The minimum Gasteiger partial charge on any atom is -0.493 e. The molecule has 1 N–H and O–H groups in total. The second-order valence-corrected chi connectivity index (χ2v) is 7.79. The molecule has 1 aliphatic heterocycles. The van der Waals surface area contributed by atoms with E-state index in [9.17, 15) is 8.42 Å². The lowest BCUT2D eigenvalue weighted by molar-refractivity contribution is 0.174. The number of benzene rings is 3. The van der Waals surface area contributed by atoms with Gasteiger partial charge >= 0.3 is 0 Å². The van der Waals surface area contributed by atoms with Crippen LogP contribution in [0.4, 0.5) is 0 Å². The largest absolute Gasteiger partial charge is 0.493 e. The number of ether oxygens (including phenoxy) is 3. The molecule has 1 heterocycles. The summed E-state index contributed by atoms with van der Waals surface area (Å²) in [6.07, 6.45) is 0. The molecule has 0 radical (unpaired) electrons. The fourth-order valence-corrected chi connectivity index (χ4v) is 4.29. The molecule has 0 spiro atoms. The summed E-state index contributed by atoms with van der Waals surface area (Å²) in [5.74, 6) is 1.96. The number of rotatable bonds is 6. The highest BCUT2D eigenvalue weighted by Crippen LogP contribution is 2.33. The SMILES string of the molecule is CCOc1ccc(S(=O)(=O)NCc2ccc3c(c2)OCO3)c2ccccc12. The van der Waals surface area contributed by atoms with Crippen molar-refractivity contribution < 1.29 is 22.6 Å². The Morgan fingerprint density at radius 1 is 1.00 bits per heavy atom. The van der Waals surface area contributed by atoms with Crippen LogP contribution in [0.15, 0.2) is 59.5 Å². The molecular formula is C20H19NO5S. The first-order chi connectivity index (χ1) is 13.1. The molecule has 0 unspecified atom stereocenters. The molecule has 1 aliphatic rings. The van der Waals surface area contributed by atoms with E-state index in [4.69, 9.17) is 14.2 Å². The van der Waals surface area contributed by atoms with Crippen molar-refractivity contribution in [3.63, 3.8) is 0 Å². The van der Waals surface area contributed by atoms with Gasteiger partial charge in [0.05, 0.1) is 11.5 Å². The molecule has 140 valence electrons. The minimum absolute atomic E-state index is 0.153. The highest BCUT2D eigenvalue weighted by Gasteiger charge is 2.20. The zero-order chi connectivity index (χ0) is 18.9. The van der Waals surface area contributed by atoms with Gasteiger partial charge in [-0.15, -0.1) is 0 Å². The van der Waals surface area contributed by atoms with Crippen LogP contribution in [0.1, 0.15) is 12.5 Å². The monoisotopic (exact) mass is 385 g/mol. The van der Waals surface area contributed by atoms with E-state index in [1.807, 2.05) is 31.2 Å². The van der Waals surface area contributed by atoms with E-state index in [-0.39, 0.29) is 18.2 Å². The Balaban J connectivity index is 1.63. The van der Waals surface area contributed by atoms with Crippen LogP contribution in [-0.2, 0) is 16.6 Å². The van der Waals surface area contributed by atoms with E-state index in [1.54, 1.807) is 30.3 Å². The molecule has 27 heavy (non-hydrogen) atoms. The van der Waals surface area contributed by atoms with Gasteiger partial charge in [0.15, 0.2) is 11.5 Å². The van der Waals surface area contributed by atoms with Crippen molar-refractivity contribution in [2.45, 2.75) is 18.4 Å². The fourth-order valence-electron chi connectivity index (χ4n) is 3.07. The second kappa shape index (κ2) is 7.09. The van der Waals surface area contributed by atoms with Gasteiger partial charge in [0, 0.05) is 17.3 Å². The number of sulfonamides is 1. The smallest absolute Gasteiger partial charge is 0.241 e. The van der Waals surface area contributed by atoms with Crippen LogP contribution in [0.2, 0.25) is 0 Å². The Hall–Kier alpha value is -2.77. The summed E-state index contributed by atoms with van der Waals surface area (Å²) in [5, 5.41) is 1.40. The van der Waals surface area contributed by atoms with Crippen LogP contribution < -0.4 is 18.9 Å². The molecule has 3 aromatic carbocycles. The van der Waals surface area contributed by atoms with E-state index in [2.05, 4.69) is 4.72 Å². The standard InChI is InChI=1S/C20H19NO5S/c1-2-24-17-9-10-20(16-6-4-3-5-15(16)17)27(22,23)21-12-14-7-8-18-19(11-14)26-13-25-18/h3-11,21H,2,12-13H2,1H3. The van der Waals surface area contributed by atoms with Crippen molar-refractivity contribution >= 4 is 20.8 Å². The van der Waals surface area contributed by atoms with Gasteiger partial charge in [-0.3, -0.25) is 0 Å². The molecule has 0 atom stereocenters. The van der Waals surface area contributed by atoms with Gasteiger partial charge in [0.1, 0.15) is 5.75 Å². The molecule has 0 aromatic heterocycles. The average Bonchev–Trinajstić information content (AvgIpc) is 3.14. The van der Waals surface area contributed by atoms with Crippen molar-refractivity contribution in [1.29, 1.82) is 0 Å². The summed E-state index contributed by atoms with van der Waals surface area (Å²) in [5.41, 5.74) is 0.790.